The molecule has 0 aliphatic carbocycles. The van der Waals surface area contributed by atoms with Crippen LogP contribution in [0.25, 0.3) is 11.0 Å². The lowest BCUT2D eigenvalue weighted by Crippen LogP contribution is -2.44. The summed E-state index contributed by atoms with van der Waals surface area (Å²) in [4.78, 5) is 20.4. The van der Waals surface area contributed by atoms with E-state index in [1.54, 1.807) is 14.2 Å². The number of imidazole rings is 1. The van der Waals surface area contributed by atoms with Crippen molar-refractivity contribution in [3.63, 3.8) is 0 Å². The Balaban J connectivity index is 0.00000364. The molecule has 1 amide bonds. The summed E-state index contributed by atoms with van der Waals surface area (Å²) in [5.41, 5.74) is 2.18. The van der Waals surface area contributed by atoms with Gasteiger partial charge in [-0.15, -0.1) is 24.0 Å². The van der Waals surface area contributed by atoms with Crippen LogP contribution in [0.2, 0.25) is 0 Å². The van der Waals surface area contributed by atoms with Gasteiger partial charge in [-0.2, -0.15) is 0 Å². The van der Waals surface area contributed by atoms with Crippen LogP contribution in [0, 0.1) is 6.92 Å². The average molecular weight is 488 g/mol. The number of hydrogen-bond donors (Lipinski definition) is 3. The third kappa shape index (κ3) is 7.33. The van der Waals surface area contributed by atoms with Crippen molar-refractivity contribution in [2.75, 3.05) is 40.4 Å². The zero-order valence-corrected chi connectivity index (χ0v) is 18.4. The fraction of sp³-hybridized carbons (Fsp3) is 0.500. The standard InChI is InChI=1S/C18H28N6O2.HI/c1-14-23-15-7-4-5-8-16(15)24(14)11-6-9-21-18(19-2)22-13-17(25)20-10-12-26-3;/h4-5,7-8H,6,9-13H2,1-3H3,(H,20,25)(H2,19,21,22);1H. The molecule has 0 bridgehead atoms. The van der Waals surface area contributed by atoms with Crippen LogP contribution < -0.4 is 16.0 Å². The second kappa shape index (κ2) is 12.5. The predicted molar refractivity (Wildman–Crippen MR) is 119 cm³/mol. The monoisotopic (exact) mass is 488 g/mol. The van der Waals surface area contributed by atoms with Crippen molar-refractivity contribution >= 4 is 46.9 Å². The predicted octanol–water partition coefficient (Wildman–Crippen LogP) is 1.28. The van der Waals surface area contributed by atoms with Crippen molar-refractivity contribution in [1.29, 1.82) is 0 Å². The van der Waals surface area contributed by atoms with E-state index in [0.29, 0.717) is 19.1 Å². The molecule has 1 aromatic carbocycles. The van der Waals surface area contributed by atoms with Crippen LogP contribution in [-0.2, 0) is 16.1 Å². The molecule has 27 heavy (non-hydrogen) atoms. The van der Waals surface area contributed by atoms with E-state index in [4.69, 9.17) is 4.74 Å². The van der Waals surface area contributed by atoms with Crippen LogP contribution in [0.5, 0.6) is 0 Å². The maximum Gasteiger partial charge on any atom is 0.239 e. The summed E-state index contributed by atoms with van der Waals surface area (Å²) in [6, 6.07) is 8.15. The first-order valence-electron chi connectivity index (χ1n) is 8.77. The van der Waals surface area contributed by atoms with Crippen LogP contribution in [-0.4, -0.2) is 61.8 Å². The van der Waals surface area contributed by atoms with Crippen molar-refractivity contribution in [1.82, 2.24) is 25.5 Å². The van der Waals surface area contributed by atoms with Gasteiger partial charge in [0.1, 0.15) is 5.82 Å². The number of carbonyl (C=O) groups excluding carboxylic acids is 1. The highest BCUT2D eigenvalue weighted by Gasteiger charge is 2.06. The maximum absolute atomic E-state index is 11.7. The number of amides is 1. The molecule has 0 aliphatic rings. The number of nitrogens with zero attached hydrogens (tertiary/aromatic N) is 3. The molecule has 3 N–H and O–H groups in total. The van der Waals surface area contributed by atoms with E-state index in [1.807, 2.05) is 25.1 Å². The lowest BCUT2D eigenvalue weighted by molar-refractivity contribution is -0.120. The molecule has 0 saturated carbocycles. The fourth-order valence-corrected chi connectivity index (χ4v) is 2.66. The molecule has 1 aromatic heterocycles. The van der Waals surface area contributed by atoms with Gasteiger partial charge in [-0.1, -0.05) is 12.1 Å². The number of aryl methyl sites for hydroxylation is 2. The Morgan fingerprint density at radius 1 is 1.22 bits per heavy atom. The second-order valence-electron chi connectivity index (χ2n) is 5.85. The van der Waals surface area contributed by atoms with Gasteiger partial charge in [0, 0.05) is 33.8 Å². The minimum absolute atomic E-state index is 0. The van der Waals surface area contributed by atoms with E-state index in [2.05, 4.69) is 36.6 Å². The quantitative estimate of drug-likeness (QED) is 0.214. The summed E-state index contributed by atoms with van der Waals surface area (Å²) in [5.74, 6) is 1.53. The number of guanidine groups is 1. The molecule has 1 heterocycles. The number of carbonyl (C=O) groups is 1. The van der Waals surface area contributed by atoms with Gasteiger partial charge < -0.3 is 25.3 Å². The van der Waals surface area contributed by atoms with Crippen molar-refractivity contribution < 1.29 is 9.53 Å². The van der Waals surface area contributed by atoms with Gasteiger partial charge >= 0.3 is 0 Å². The highest BCUT2D eigenvalue weighted by atomic mass is 127. The Bertz CT molecular complexity index is 747. The zero-order valence-electron chi connectivity index (χ0n) is 16.1. The summed E-state index contributed by atoms with van der Waals surface area (Å²) in [6.45, 7) is 4.82. The molecule has 8 nitrogen and oxygen atoms in total. The van der Waals surface area contributed by atoms with Gasteiger partial charge in [-0.05, 0) is 25.5 Å². The molecule has 0 aliphatic heterocycles. The number of rotatable bonds is 9. The number of aromatic nitrogens is 2. The number of benzene rings is 1. The molecule has 0 atom stereocenters. The minimum Gasteiger partial charge on any atom is -0.383 e. The lowest BCUT2D eigenvalue weighted by Gasteiger charge is -2.12. The Labute approximate surface area is 177 Å². The summed E-state index contributed by atoms with van der Waals surface area (Å²) < 4.78 is 7.11. The number of ether oxygens (including phenoxy) is 1. The first-order chi connectivity index (χ1) is 12.7. The minimum atomic E-state index is -0.0921. The Morgan fingerprint density at radius 2 is 2.00 bits per heavy atom. The molecule has 0 spiro atoms. The number of hydrogen-bond acceptors (Lipinski definition) is 4. The van der Waals surface area contributed by atoms with E-state index in [0.717, 1.165) is 36.4 Å². The molecular formula is C18H29IN6O2. The van der Waals surface area contributed by atoms with Gasteiger partial charge in [0.25, 0.3) is 0 Å². The van der Waals surface area contributed by atoms with Crippen LogP contribution in [0.3, 0.4) is 0 Å². The van der Waals surface area contributed by atoms with Gasteiger partial charge in [0.15, 0.2) is 5.96 Å². The van der Waals surface area contributed by atoms with Gasteiger partial charge in [0.05, 0.1) is 24.2 Å². The van der Waals surface area contributed by atoms with Gasteiger partial charge in [0.2, 0.25) is 5.91 Å². The molecule has 0 unspecified atom stereocenters. The van der Waals surface area contributed by atoms with Crippen molar-refractivity contribution in [3.8, 4) is 0 Å². The highest BCUT2D eigenvalue weighted by Crippen LogP contribution is 2.15. The second-order valence-corrected chi connectivity index (χ2v) is 5.85. The molecule has 0 saturated heterocycles. The highest BCUT2D eigenvalue weighted by molar-refractivity contribution is 14.0. The smallest absolute Gasteiger partial charge is 0.239 e. The molecular weight excluding hydrogens is 459 g/mol. The summed E-state index contributed by atoms with van der Waals surface area (Å²) in [6.07, 6.45) is 0.919. The average Bonchev–Trinajstić information content (AvgIpc) is 2.96. The van der Waals surface area contributed by atoms with E-state index < -0.39 is 0 Å². The molecule has 2 rings (SSSR count). The third-order valence-electron chi connectivity index (χ3n) is 3.96. The topological polar surface area (TPSA) is 92.6 Å². The first-order valence-corrected chi connectivity index (χ1v) is 8.77. The molecule has 9 heteroatoms. The number of methoxy groups -OCH3 is 1. The van der Waals surface area contributed by atoms with Crippen molar-refractivity contribution in [2.24, 2.45) is 4.99 Å². The normalized spacial score (nSPS) is 11.1. The van der Waals surface area contributed by atoms with Crippen LogP contribution >= 0.6 is 24.0 Å². The Kier molecular flexibility index (Phi) is 10.7. The molecule has 2 aromatic rings. The number of fused-ring (bicyclic) bond motifs is 1. The first kappa shape index (κ1) is 23.2. The summed E-state index contributed by atoms with van der Waals surface area (Å²) >= 11 is 0. The lowest BCUT2D eigenvalue weighted by atomic mass is 10.3. The van der Waals surface area contributed by atoms with Gasteiger partial charge in [-0.25, -0.2) is 4.98 Å². The number of aliphatic imine (C=N–C) groups is 1. The van der Waals surface area contributed by atoms with E-state index >= 15 is 0 Å². The molecule has 150 valence electrons. The summed E-state index contributed by atoms with van der Waals surface area (Å²) in [7, 11) is 3.29. The van der Waals surface area contributed by atoms with Gasteiger partial charge in [-0.3, -0.25) is 9.79 Å². The number of halogens is 1. The van der Waals surface area contributed by atoms with E-state index in [1.165, 1.54) is 0 Å². The Hall–Kier alpha value is -1.88. The van der Waals surface area contributed by atoms with Crippen molar-refractivity contribution in [3.05, 3.63) is 30.1 Å². The van der Waals surface area contributed by atoms with E-state index in [-0.39, 0.29) is 36.4 Å². The van der Waals surface area contributed by atoms with Crippen LogP contribution in [0.4, 0.5) is 0 Å². The third-order valence-corrected chi connectivity index (χ3v) is 3.96. The fourth-order valence-electron chi connectivity index (χ4n) is 2.66. The maximum atomic E-state index is 11.7. The molecule has 0 radical (unpaired) electrons. The van der Waals surface area contributed by atoms with E-state index in [9.17, 15) is 4.79 Å². The van der Waals surface area contributed by atoms with Crippen LogP contribution in [0.1, 0.15) is 12.2 Å². The Morgan fingerprint density at radius 3 is 2.74 bits per heavy atom. The largest absolute Gasteiger partial charge is 0.383 e. The van der Waals surface area contributed by atoms with Crippen LogP contribution in [0.15, 0.2) is 29.3 Å². The zero-order chi connectivity index (χ0) is 18.8. The summed E-state index contributed by atoms with van der Waals surface area (Å²) in [5, 5.41) is 8.97. The SMILES string of the molecule is CN=C(NCCCn1c(C)nc2ccccc21)NCC(=O)NCCOC.I. The van der Waals surface area contributed by atoms with Crippen molar-refractivity contribution in [2.45, 2.75) is 19.9 Å². The molecule has 0 fully saturated rings. The number of para-hydroxylation sites is 2. The number of nitrogens with one attached hydrogen (secondary N) is 3.